The molecule has 0 spiro atoms. The van der Waals surface area contributed by atoms with Crippen LogP contribution in [0.15, 0.2) is 29.4 Å². The third kappa shape index (κ3) is 4.82. The van der Waals surface area contributed by atoms with Crippen molar-refractivity contribution in [2.45, 2.75) is 13.8 Å². The standard InChI is InChI=1S/C15H21FN4O/c1-12(2)17-18-15(21)11-19-7-9-20(10-8-19)14-5-3-13(16)4-6-14/h3-6H,7-11H2,1-2H3,(H,18,21). The van der Waals surface area contributed by atoms with Crippen LogP contribution < -0.4 is 10.3 Å². The molecule has 1 heterocycles. The topological polar surface area (TPSA) is 47.9 Å². The van der Waals surface area contributed by atoms with Crippen LogP contribution in [-0.4, -0.2) is 49.2 Å². The Labute approximate surface area is 124 Å². The van der Waals surface area contributed by atoms with Gasteiger partial charge in [0.2, 0.25) is 0 Å². The minimum Gasteiger partial charge on any atom is -0.369 e. The zero-order chi connectivity index (χ0) is 15.2. The monoisotopic (exact) mass is 292 g/mol. The number of rotatable bonds is 4. The first-order valence-corrected chi connectivity index (χ1v) is 7.07. The highest BCUT2D eigenvalue weighted by atomic mass is 19.1. The van der Waals surface area contributed by atoms with Crippen molar-refractivity contribution in [3.05, 3.63) is 30.1 Å². The molecule has 1 saturated heterocycles. The minimum atomic E-state index is -0.221. The number of halogens is 1. The lowest BCUT2D eigenvalue weighted by Gasteiger charge is -2.35. The molecule has 21 heavy (non-hydrogen) atoms. The molecule has 0 bridgehead atoms. The molecule has 6 heteroatoms. The summed E-state index contributed by atoms with van der Waals surface area (Å²) in [4.78, 5) is 16.0. The van der Waals surface area contributed by atoms with Crippen molar-refractivity contribution in [1.82, 2.24) is 10.3 Å². The van der Waals surface area contributed by atoms with E-state index in [-0.39, 0.29) is 11.7 Å². The third-order valence-electron chi connectivity index (χ3n) is 3.34. The van der Waals surface area contributed by atoms with E-state index in [0.29, 0.717) is 6.54 Å². The Bertz CT molecular complexity index is 503. The fraction of sp³-hybridized carbons (Fsp3) is 0.467. The summed E-state index contributed by atoms with van der Waals surface area (Å²) in [7, 11) is 0. The number of carbonyl (C=O) groups is 1. The van der Waals surface area contributed by atoms with E-state index in [9.17, 15) is 9.18 Å². The van der Waals surface area contributed by atoms with Crippen LogP contribution in [0.3, 0.4) is 0 Å². The second-order valence-corrected chi connectivity index (χ2v) is 5.33. The molecule has 114 valence electrons. The van der Waals surface area contributed by atoms with Crippen LogP contribution in [0.25, 0.3) is 0 Å². The summed E-state index contributed by atoms with van der Waals surface area (Å²) in [6.07, 6.45) is 0. The maximum absolute atomic E-state index is 12.9. The van der Waals surface area contributed by atoms with E-state index in [2.05, 4.69) is 20.3 Å². The molecule has 1 fully saturated rings. The van der Waals surface area contributed by atoms with E-state index in [1.807, 2.05) is 13.8 Å². The largest absolute Gasteiger partial charge is 0.369 e. The molecule has 1 aliphatic rings. The Kier molecular flexibility index (Phi) is 5.27. The van der Waals surface area contributed by atoms with Gasteiger partial charge in [-0.3, -0.25) is 9.69 Å². The van der Waals surface area contributed by atoms with Crippen molar-refractivity contribution < 1.29 is 9.18 Å². The van der Waals surface area contributed by atoms with Crippen molar-refractivity contribution in [3.63, 3.8) is 0 Å². The second-order valence-electron chi connectivity index (χ2n) is 5.33. The van der Waals surface area contributed by atoms with Crippen molar-refractivity contribution in [2.75, 3.05) is 37.6 Å². The number of anilines is 1. The van der Waals surface area contributed by atoms with Gasteiger partial charge in [0.1, 0.15) is 5.82 Å². The third-order valence-corrected chi connectivity index (χ3v) is 3.34. The van der Waals surface area contributed by atoms with E-state index in [4.69, 9.17) is 0 Å². The Morgan fingerprint density at radius 1 is 1.19 bits per heavy atom. The average Bonchev–Trinajstić information content (AvgIpc) is 2.47. The van der Waals surface area contributed by atoms with Gasteiger partial charge >= 0.3 is 0 Å². The van der Waals surface area contributed by atoms with Crippen LogP contribution in [0, 0.1) is 5.82 Å². The molecule has 1 aliphatic heterocycles. The molecule has 5 nitrogen and oxygen atoms in total. The maximum Gasteiger partial charge on any atom is 0.254 e. The van der Waals surface area contributed by atoms with Crippen LogP contribution in [0.2, 0.25) is 0 Å². The van der Waals surface area contributed by atoms with E-state index in [1.165, 1.54) is 12.1 Å². The molecule has 1 amide bonds. The molecule has 0 atom stereocenters. The molecule has 0 saturated carbocycles. The Hall–Kier alpha value is -1.95. The van der Waals surface area contributed by atoms with Gasteiger partial charge in [-0.05, 0) is 38.1 Å². The van der Waals surface area contributed by atoms with Gasteiger partial charge in [0.05, 0.1) is 6.54 Å². The van der Waals surface area contributed by atoms with Crippen LogP contribution >= 0.6 is 0 Å². The van der Waals surface area contributed by atoms with Gasteiger partial charge in [-0.25, -0.2) is 9.82 Å². The maximum atomic E-state index is 12.9. The summed E-state index contributed by atoms with van der Waals surface area (Å²) in [6, 6.07) is 6.52. The smallest absolute Gasteiger partial charge is 0.254 e. The van der Waals surface area contributed by atoms with Gasteiger partial charge in [0.25, 0.3) is 5.91 Å². The van der Waals surface area contributed by atoms with Gasteiger partial charge in [0, 0.05) is 37.6 Å². The highest BCUT2D eigenvalue weighted by Gasteiger charge is 2.19. The van der Waals surface area contributed by atoms with Gasteiger partial charge in [-0.15, -0.1) is 0 Å². The summed E-state index contributed by atoms with van der Waals surface area (Å²) in [5.74, 6) is -0.313. The van der Waals surface area contributed by atoms with E-state index >= 15 is 0 Å². The fourth-order valence-electron chi connectivity index (χ4n) is 2.23. The first-order chi connectivity index (χ1) is 10.0. The van der Waals surface area contributed by atoms with E-state index in [1.54, 1.807) is 12.1 Å². The Balaban J connectivity index is 1.79. The summed E-state index contributed by atoms with van der Waals surface area (Å²) in [5.41, 5.74) is 4.37. The first-order valence-electron chi connectivity index (χ1n) is 7.07. The Morgan fingerprint density at radius 3 is 2.38 bits per heavy atom. The van der Waals surface area contributed by atoms with Crippen LogP contribution in [-0.2, 0) is 4.79 Å². The summed E-state index contributed by atoms with van der Waals surface area (Å²) < 4.78 is 12.9. The zero-order valence-corrected chi connectivity index (χ0v) is 12.5. The van der Waals surface area contributed by atoms with Crippen molar-refractivity contribution in [1.29, 1.82) is 0 Å². The predicted octanol–water partition coefficient (Wildman–Crippen LogP) is 1.46. The molecular weight excluding hydrogens is 271 g/mol. The van der Waals surface area contributed by atoms with Gasteiger partial charge in [-0.2, -0.15) is 5.10 Å². The Morgan fingerprint density at radius 2 is 1.81 bits per heavy atom. The molecular formula is C15H21FN4O. The summed E-state index contributed by atoms with van der Waals surface area (Å²) >= 11 is 0. The van der Waals surface area contributed by atoms with Crippen LogP contribution in [0.4, 0.5) is 10.1 Å². The van der Waals surface area contributed by atoms with E-state index < -0.39 is 0 Å². The lowest BCUT2D eigenvalue weighted by atomic mass is 10.2. The van der Waals surface area contributed by atoms with E-state index in [0.717, 1.165) is 37.6 Å². The number of carbonyl (C=O) groups excluding carboxylic acids is 1. The number of piperazine rings is 1. The van der Waals surface area contributed by atoms with Crippen molar-refractivity contribution in [2.24, 2.45) is 5.10 Å². The molecule has 2 rings (SSSR count). The lowest BCUT2D eigenvalue weighted by molar-refractivity contribution is -0.122. The number of benzene rings is 1. The molecule has 0 radical (unpaired) electrons. The van der Waals surface area contributed by atoms with Crippen LogP contribution in [0.5, 0.6) is 0 Å². The lowest BCUT2D eigenvalue weighted by Crippen LogP contribution is -2.49. The van der Waals surface area contributed by atoms with Crippen LogP contribution in [0.1, 0.15) is 13.8 Å². The highest BCUT2D eigenvalue weighted by molar-refractivity contribution is 5.83. The molecule has 1 aromatic rings. The van der Waals surface area contributed by atoms with Crippen molar-refractivity contribution >= 4 is 17.3 Å². The average molecular weight is 292 g/mol. The normalized spacial score (nSPS) is 15.7. The highest BCUT2D eigenvalue weighted by Crippen LogP contribution is 2.16. The number of amides is 1. The molecule has 0 aromatic heterocycles. The number of hydrogen-bond donors (Lipinski definition) is 1. The minimum absolute atomic E-state index is 0.0913. The number of nitrogens with zero attached hydrogens (tertiary/aromatic N) is 3. The SMILES string of the molecule is CC(C)=NNC(=O)CN1CCN(c2ccc(F)cc2)CC1. The first kappa shape index (κ1) is 15.4. The fourth-order valence-corrected chi connectivity index (χ4v) is 2.23. The molecule has 0 unspecified atom stereocenters. The zero-order valence-electron chi connectivity index (χ0n) is 12.5. The quantitative estimate of drug-likeness (QED) is 0.675. The van der Waals surface area contributed by atoms with Crippen molar-refractivity contribution in [3.8, 4) is 0 Å². The number of nitrogens with one attached hydrogen (secondary N) is 1. The molecule has 1 N–H and O–H groups in total. The van der Waals surface area contributed by atoms with Gasteiger partial charge in [0.15, 0.2) is 0 Å². The summed E-state index contributed by atoms with van der Waals surface area (Å²) in [5, 5.41) is 3.91. The number of hydrazone groups is 1. The predicted molar refractivity (Wildman–Crippen MR) is 82.0 cm³/mol. The van der Waals surface area contributed by atoms with Gasteiger partial charge in [-0.1, -0.05) is 0 Å². The van der Waals surface area contributed by atoms with Gasteiger partial charge < -0.3 is 4.90 Å². The summed E-state index contributed by atoms with van der Waals surface area (Å²) in [6.45, 7) is 7.29. The molecule has 0 aliphatic carbocycles. The second kappa shape index (κ2) is 7.17. The number of hydrogen-bond acceptors (Lipinski definition) is 4. The molecule has 1 aromatic carbocycles.